The highest BCUT2D eigenvalue weighted by Gasteiger charge is 2.19. The van der Waals surface area contributed by atoms with E-state index in [9.17, 15) is 9.59 Å². The Labute approximate surface area is 121 Å². The third-order valence-electron chi connectivity index (χ3n) is 2.39. The number of hydrogen-bond acceptors (Lipinski definition) is 4. The molecular weight excluding hydrogens is 256 g/mol. The summed E-state index contributed by atoms with van der Waals surface area (Å²) in [6, 6.07) is 2.04. The summed E-state index contributed by atoms with van der Waals surface area (Å²) < 4.78 is 5.17. The molecule has 5 nitrogen and oxygen atoms in total. The minimum atomic E-state index is -0.529. The zero-order chi connectivity index (χ0) is 15.8. The van der Waals surface area contributed by atoms with Gasteiger partial charge in [0.1, 0.15) is 5.60 Å². The number of ether oxygens (including phenoxy) is 1. The summed E-state index contributed by atoms with van der Waals surface area (Å²) in [6.07, 6.45) is 0.523. The van der Waals surface area contributed by atoms with E-state index in [1.165, 1.54) is 0 Å². The maximum atomic E-state index is 12.1. The lowest BCUT2D eigenvalue weighted by atomic mass is 10.1. The van der Waals surface area contributed by atoms with Crippen molar-refractivity contribution in [3.63, 3.8) is 0 Å². The molecule has 0 unspecified atom stereocenters. The Bertz CT molecular complexity index is 364. The summed E-state index contributed by atoms with van der Waals surface area (Å²) >= 11 is 0. The van der Waals surface area contributed by atoms with Crippen LogP contribution in [-0.2, 0) is 14.3 Å². The van der Waals surface area contributed by atoms with Crippen molar-refractivity contribution in [3.8, 4) is 6.07 Å². The molecule has 0 aromatic heterocycles. The first-order chi connectivity index (χ1) is 9.15. The summed E-state index contributed by atoms with van der Waals surface area (Å²) in [5.41, 5.74) is -0.529. The Morgan fingerprint density at radius 1 is 1.25 bits per heavy atom. The lowest BCUT2D eigenvalue weighted by Crippen LogP contribution is -2.35. The van der Waals surface area contributed by atoms with Gasteiger partial charge >= 0.3 is 5.97 Å². The summed E-state index contributed by atoms with van der Waals surface area (Å²) in [4.78, 5) is 25.3. The van der Waals surface area contributed by atoms with Gasteiger partial charge in [0.15, 0.2) is 0 Å². The van der Waals surface area contributed by atoms with Crippen molar-refractivity contribution in [3.05, 3.63) is 0 Å². The van der Waals surface area contributed by atoms with Crippen molar-refractivity contribution in [2.24, 2.45) is 5.92 Å². The third kappa shape index (κ3) is 9.37. The largest absolute Gasteiger partial charge is 0.460 e. The zero-order valence-electron chi connectivity index (χ0n) is 13.2. The molecule has 0 saturated heterocycles. The number of nitrogens with zero attached hydrogens (tertiary/aromatic N) is 2. The average Bonchev–Trinajstić information content (AvgIpc) is 2.28. The van der Waals surface area contributed by atoms with E-state index in [0.717, 1.165) is 0 Å². The quantitative estimate of drug-likeness (QED) is 0.673. The molecule has 0 heterocycles. The van der Waals surface area contributed by atoms with Gasteiger partial charge in [-0.25, -0.2) is 0 Å². The van der Waals surface area contributed by atoms with Crippen molar-refractivity contribution < 1.29 is 14.3 Å². The fraction of sp³-hybridized carbons (Fsp3) is 0.800. The Morgan fingerprint density at radius 3 is 2.30 bits per heavy atom. The fourth-order valence-corrected chi connectivity index (χ4v) is 1.70. The fourth-order valence-electron chi connectivity index (χ4n) is 1.70. The van der Waals surface area contributed by atoms with Gasteiger partial charge in [0.05, 0.1) is 18.9 Å². The van der Waals surface area contributed by atoms with Gasteiger partial charge in [-0.2, -0.15) is 5.26 Å². The van der Waals surface area contributed by atoms with Gasteiger partial charge in [0.2, 0.25) is 5.91 Å². The smallest absolute Gasteiger partial charge is 0.306 e. The lowest BCUT2D eigenvalue weighted by Gasteiger charge is -2.24. The minimum absolute atomic E-state index is 0.0806. The Hall–Kier alpha value is -1.57. The Morgan fingerprint density at radius 2 is 1.85 bits per heavy atom. The van der Waals surface area contributed by atoms with E-state index in [4.69, 9.17) is 10.00 Å². The lowest BCUT2D eigenvalue weighted by molar-refractivity contribution is -0.156. The van der Waals surface area contributed by atoms with Crippen molar-refractivity contribution in [2.45, 2.75) is 59.5 Å². The summed E-state index contributed by atoms with van der Waals surface area (Å²) in [6.45, 7) is 10.4. The van der Waals surface area contributed by atoms with E-state index in [1.807, 2.05) is 19.9 Å². The van der Waals surface area contributed by atoms with E-state index < -0.39 is 5.60 Å². The van der Waals surface area contributed by atoms with Crippen LogP contribution in [0.1, 0.15) is 53.9 Å². The molecule has 0 saturated carbocycles. The number of carbonyl (C=O) groups is 2. The normalized spacial score (nSPS) is 11.1. The van der Waals surface area contributed by atoms with E-state index in [-0.39, 0.29) is 24.7 Å². The molecule has 0 N–H and O–H groups in total. The first-order valence-corrected chi connectivity index (χ1v) is 7.02. The van der Waals surface area contributed by atoms with Gasteiger partial charge in [-0.1, -0.05) is 13.8 Å². The highest BCUT2D eigenvalue weighted by atomic mass is 16.6. The molecule has 1 amide bonds. The highest BCUT2D eigenvalue weighted by molar-refractivity contribution is 5.81. The Kier molecular flexibility index (Phi) is 7.90. The highest BCUT2D eigenvalue weighted by Crippen LogP contribution is 2.10. The molecule has 0 aromatic carbocycles. The average molecular weight is 282 g/mol. The molecule has 0 aliphatic carbocycles. The molecule has 0 rings (SSSR count). The van der Waals surface area contributed by atoms with Crippen LogP contribution in [0.2, 0.25) is 0 Å². The van der Waals surface area contributed by atoms with Crippen molar-refractivity contribution in [1.82, 2.24) is 4.90 Å². The van der Waals surface area contributed by atoms with Gasteiger partial charge in [-0.3, -0.25) is 9.59 Å². The van der Waals surface area contributed by atoms with Crippen LogP contribution in [0.3, 0.4) is 0 Å². The number of nitriles is 1. The summed E-state index contributed by atoms with van der Waals surface area (Å²) in [7, 11) is 0. The molecule has 0 atom stereocenters. The maximum absolute atomic E-state index is 12.1. The van der Waals surface area contributed by atoms with Gasteiger partial charge in [-0.05, 0) is 26.7 Å². The molecule has 0 fully saturated rings. The second kappa shape index (κ2) is 8.57. The molecule has 114 valence electrons. The predicted molar refractivity (Wildman–Crippen MR) is 76.7 cm³/mol. The SMILES string of the molecule is CC(C)CN(CCC#N)C(=O)CCC(=O)OC(C)(C)C. The van der Waals surface area contributed by atoms with Crippen LogP contribution in [0.5, 0.6) is 0 Å². The molecular formula is C15H26N2O3. The van der Waals surface area contributed by atoms with Gasteiger partial charge < -0.3 is 9.64 Å². The van der Waals surface area contributed by atoms with Crippen molar-refractivity contribution in [1.29, 1.82) is 5.26 Å². The molecule has 0 aliphatic rings. The topological polar surface area (TPSA) is 70.4 Å². The maximum Gasteiger partial charge on any atom is 0.306 e. The van der Waals surface area contributed by atoms with Gasteiger partial charge in [0, 0.05) is 19.5 Å². The van der Waals surface area contributed by atoms with Crippen molar-refractivity contribution >= 4 is 11.9 Å². The first-order valence-electron chi connectivity index (χ1n) is 7.02. The van der Waals surface area contributed by atoms with Gasteiger partial charge in [0.25, 0.3) is 0 Å². The molecule has 0 bridgehead atoms. The molecule has 0 aliphatic heterocycles. The van der Waals surface area contributed by atoms with Crippen LogP contribution < -0.4 is 0 Å². The van der Waals surface area contributed by atoms with E-state index in [2.05, 4.69) is 0 Å². The minimum Gasteiger partial charge on any atom is -0.460 e. The summed E-state index contributed by atoms with van der Waals surface area (Å²) in [5.74, 6) is -0.130. The second-order valence-electron chi connectivity index (χ2n) is 6.23. The number of hydrogen-bond donors (Lipinski definition) is 0. The van der Waals surface area contributed by atoms with Crippen LogP contribution in [-0.4, -0.2) is 35.5 Å². The molecule has 0 aromatic rings. The molecule has 20 heavy (non-hydrogen) atoms. The van der Waals surface area contributed by atoms with Gasteiger partial charge in [-0.15, -0.1) is 0 Å². The monoisotopic (exact) mass is 282 g/mol. The standard InChI is InChI=1S/C15H26N2O3/c1-12(2)11-17(10-6-9-16)13(18)7-8-14(19)20-15(3,4)5/h12H,6-8,10-11H2,1-5H3. The van der Waals surface area contributed by atoms with Crippen LogP contribution >= 0.6 is 0 Å². The molecule has 0 radical (unpaired) electrons. The zero-order valence-corrected chi connectivity index (χ0v) is 13.2. The van der Waals surface area contributed by atoms with Crippen molar-refractivity contribution in [2.75, 3.05) is 13.1 Å². The third-order valence-corrected chi connectivity index (χ3v) is 2.39. The van der Waals surface area contributed by atoms with E-state index >= 15 is 0 Å². The van der Waals surface area contributed by atoms with Crippen LogP contribution in [0, 0.1) is 17.2 Å². The molecule has 5 heteroatoms. The number of carbonyl (C=O) groups excluding carboxylic acids is 2. The number of esters is 1. The number of amides is 1. The first kappa shape index (κ1) is 18.4. The number of rotatable bonds is 7. The van der Waals surface area contributed by atoms with Crippen LogP contribution in [0.4, 0.5) is 0 Å². The second-order valence-corrected chi connectivity index (χ2v) is 6.23. The van der Waals surface area contributed by atoms with E-state index in [1.54, 1.807) is 25.7 Å². The predicted octanol–water partition coefficient (Wildman–Crippen LogP) is 2.51. The molecule has 0 spiro atoms. The van der Waals surface area contributed by atoms with Crippen LogP contribution in [0.25, 0.3) is 0 Å². The van der Waals surface area contributed by atoms with E-state index in [0.29, 0.717) is 25.4 Å². The summed E-state index contributed by atoms with van der Waals surface area (Å²) in [5, 5.41) is 8.61. The van der Waals surface area contributed by atoms with Crippen LogP contribution in [0.15, 0.2) is 0 Å². The Balaban J connectivity index is 4.32.